The number of nitrogens with one attached hydrogen (secondary N) is 1. The molecular formula is C6H8N4S. The van der Waals surface area contributed by atoms with Gasteiger partial charge >= 0.3 is 0 Å². The highest BCUT2D eigenvalue weighted by Crippen LogP contribution is 1.79. The largest absolute Gasteiger partial charge is 0.357 e. The van der Waals surface area contributed by atoms with Crippen molar-refractivity contribution in [1.82, 2.24) is 20.3 Å². The Morgan fingerprint density at radius 1 is 1.82 bits per heavy atom. The lowest BCUT2D eigenvalue weighted by Crippen LogP contribution is -2.28. The van der Waals surface area contributed by atoms with E-state index in [1.807, 2.05) is 0 Å². The topological polar surface area (TPSA) is 42.7 Å². The summed E-state index contributed by atoms with van der Waals surface area (Å²) in [5, 5.41) is 10.7. The van der Waals surface area contributed by atoms with Crippen molar-refractivity contribution in [2.75, 3.05) is 6.54 Å². The lowest BCUT2D eigenvalue weighted by Gasteiger charge is -2.02. The second-order valence-electron chi connectivity index (χ2n) is 1.82. The fourth-order valence-electron chi connectivity index (χ4n) is 0.557. The van der Waals surface area contributed by atoms with Crippen molar-refractivity contribution in [2.24, 2.45) is 0 Å². The summed E-state index contributed by atoms with van der Waals surface area (Å²) in [6.45, 7) is 4.18. The summed E-state index contributed by atoms with van der Waals surface area (Å²) in [5.41, 5.74) is 0. The van der Waals surface area contributed by atoms with Gasteiger partial charge in [-0.3, -0.25) is 0 Å². The van der Waals surface area contributed by atoms with Gasteiger partial charge in [-0.2, -0.15) is 4.68 Å². The fourth-order valence-corrected chi connectivity index (χ4v) is 0.738. The summed E-state index contributed by atoms with van der Waals surface area (Å²) >= 11 is 4.94. The van der Waals surface area contributed by atoms with E-state index in [4.69, 9.17) is 12.2 Å². The molecule has 0 saturated carbocycles. The van der Waals surface area contributed by atoms with Crippen LogP contribution in [-0.4, -0.2) is 26.7 Å². The second-order valence-corrected chi connectivity index (χ2v) is 2.21. The van der Waals surface area contributed by atoms with Gasteiger partial charge in [-0.1, -0.05) is 11.3 Å². The predicted molar refractivity (Wildman–Crippen MR) is 46.2 cm³/mol. The van der Waals surface area contributed by atoms with Crippen LogP contribution in [0.25, 0.3) is 0 Å². The molecule has 1 aromatic rings. The molecule has 1 heterocycles. The van der Waals surface area contributed by atoms with E-state index in [0.717, 1.165) is 0 Å². The third-order valence-electron chi connectivity index (χ3n) is 1.03. The monoisotopic (exact) mass is 168 g/mol. The van der Waals surface area contributed by atoms with Gasteiger partial charge in [0.1, 0.15) is 0 Å². The van der Waals surface area contributed by atoms with E-state index in [1.54, 1.807) is 18.5 Å². The number of thiocarbonyl (C=S) groups is 1. The Kier molecular flexibility index (Phi) is 2.74. The number of nitrogens with zero attached hydrogens (tertiary/aromatic N) is 3. The van der Waals surface area contributed by atoms with Crippen molar-refractivity contribution in [1.29, 1.82) is 0 Å². The van der Waals surface area contributed by atoms with Crippen molar-refractivity contribution < 1.29 is 0 Å². The molecule has 1 rings (SSSR count). The third kappa shape index (κ3) is 2.12. The van der Waals surface area contributed by atoms with E-state index in [2.05, 4.69) is 22.2 Å². The molecule has 0 radical (unpaired) electrons. The molecule has 0 saturated heterocycles. The lowest BCUT2D eigenvalue weighted by atomic mass is 10.6. The van der Waals surface area contributed by atoms with Crippen molar-refractivity contribution in [2.45, 2.75) is 0 Å². The quantitative estimate of drug-likeness (QED) is 0.505. The standard InChI is InChI=1S/C6H8N4S/c1-2-3-7-6(11)10-5-4-8-9-10/h2,4-5H,1,3H2,(H,7,11). The maximum atomic E-state index is 4.94. The summed E-state index contributed by atoms with van der Waals surface area (Å²) in [5.74, 6) is 0. The molecule has 0 bridgehead atoms. The zero-order valence-electron chi connectivity index (χ0n) is 5.90. The number of hydrogen-bond acceptors (Lipinski definition) is 3. The maximum Gasteiger partial charge on any atom is 0.195 e. The van der Waals surface area contributed by atoms with Gasteiger partial charge in [-0.25, -0.2) is 0 Å². The van der Waals surface area contributed by atoms with Crippen LogP contribution in [0.5, 0.6) is 0 Å². The first kappa shape index (κ1) is 7.87. The molecule has 0 spiro atoms. The molecule has 0 aliphatic rings. The molecule has 1 N–H and O–H groups in total. The highest BCUT2D eigenvalue weighted by atomic mass is 32.1. The molecule has 58 valence electrons. The number of hydrogen-bond donors (Lipinski definition) is 1. The van der Waals surface area contributed by atoms with Gasteiger partial charge in [-0.05, 0) is 12.2 Å². The zero-order chi connectivity index (χ0) is 8.10. The summed E-state index contributed by atoms with van der Waals surface area (Å²) in [4.78, 5) is 0. The van der Waals surface area contributed by atoms with Gasteiger partial charge in [0, 0.05) is 6.54 Å². The van der Waals surface area contributed by atoms with Crippen molar-refractivity contribution in [3.05, 3.63) is 25.0 Å². The summed E-state index contributed by atoms with van der Waals surface area (Å²) < 4.78 is 1.48. The van der Waals surface area contributed by atoms with Crippen molar-refractivity contribution in [3.63, 3.8) is 0 Å². The van der Waals surface area contributed by atoms with Gasteiger partial charge < -0.3 is 5.32 Å². The van der Waals surface area contributed by atoms with E-state index < -0.39 is 0 Å². The van der Waals surface area contributed by atoms with Gasteiger partial charge in [0.15, 0.2) is 5.11 Å². The first-order valence-electron chi connectivity index (χ1n) is 3.10. The van der Waals surface area contributed by atoms with Crippen molar-refractivity contribution in [3.8, 4) is 0 Å². The van der Waals surface area contributed by atoms with Crippen LogP contribution in [0.2, 0.25) is 0 Å². The molecule has 0 amide bonds. The number of aromatic nitrogens is 3. The van der Waals surface area contributed by atoms with Gasteiger partial charge in [0.2, 0.25) is 0 Å². The van der Waals surface area contributed by atoms with Gasteiger partial charge in [0.05, 0.1) is 12.4 Å². The smallest absolute Gasteiger partial charge is 0.195 e. The molecule has 0 aliphatic carbocycles. The molecule has 1 aromatic heterocycles. The minimum atomic E-state index is 0.530. The molecule has 0 atom stereocenters. The van der Waals surface area contributed by atoms with Crippen LogP contribution in [0.15, 0.2) is 25.0 Å². The highest BCUT2D eigenvalue weighted by Gasteiger charge is 1.95. The Morgan fingerprint density at radius 3 is 3.18 bits per heavy atom. The van der Waals surface area contributed by atoms with Crippen LogP contribution >= 0.6 is 12.2 Å². The molecule has 0 fully saturated rings. The average molecular weight is 168 g/mol. The maximum absolute atomic E-state index is 4.94. The van der Waals surface area contributed by atoms with Crippen LogP contribution < -0.4 is 5.32 Å². The zero-order valence-corrected chi connectivity index (χ0v) is 6.71. The number of rotatable bonds is 2. The lowest BCUT2D eigenvalue weighted by molar-refractivity contribution is 0.816. The normalized spacial score (nSPS) is 9.09. The van der Waals surface area contributed by atoms with Crippen LogP contribution in [-0.2, 0) is 0 Å². The van der Waals surface area contributed by atoms with E-state index in [0.29, 0.717) is 11.7 Å². The van der Waals surface area contributed by atoms with Crippen LogP contribution in [0.3, 0.4) is 0 Å². The molecule has 4 nitrogen and oxygen atoms in total. The minimum absolute atomic E-state index is 0.530. The molecule has 0 unspecified atom stereocenters. The predicted octanol–water partition coefficient (Wildman–Crippen LogP) is 0.187. The molecule has 11 heavy (non-hydrogen) atoms. The highest BCUT2D eigenvalue weighted by molar-refractivity contribution is 7.80. The van der Waals surface area contributed by atoms with Crippen LogP contribution in [0, 0.1) is 0 Å². The Morgan fingerprint density at radius 2 is 2.64 bits per heavy atom. The fraction of sp³-hybridized carbons (Fsp3) is 0.167. The Bertz CT molecular complexity index is 241. The minimum Gasteiger partial charge on any atom is -0.357 e. The van der Waals surface area contributed by atoms with E-state index in [1.165, 1.54) is 4.68 Å². The third-order valence-corrected chi connectivity index (χ3v) is 1.36. The Hall–Kier alpha value is -1.23. The van der Waals surface area contributed by atoms with Crippen molar-refractivity contribution >= 4 is 17.3 Å². The average Bonchev–Trinajstić information content (AvgIpc) is 2.52. The van der Waals surface area contributed by atoms with Crippen LogP contribution in [0.1, 0.15) is 0 Å². The van der Waals surface area contributed by atoms with E-state index in [9.17, 15) is 0 Å². The van der Waals surface area contributed by atoms with E-state index >= 15 is 0 Å². The Labute approximate surface area is 69.9 Å². The summed E-state index contributed by atoms with van der Waals surface area (Å²) in [6.07, 6.45) is 4.98. The van der Waals surface area contributed by atoms with Gasteiger partial charge in [-0.15, -0.1) is 11.7 Å². The van der Waals surface area contributed by atoms with Crippen LogP contribution in [0.4, 0.5) is 0 Å². The second kappa shape index (κ2) is 3.82. The molecule has 5 heteroatoms. The molecule has 0 aliphatic heterocycles. The first-order valence-corrected chi connectivity index (χ1v) is 3.51. The first-order chi connectivity index (χ1) is 5.34. The summed E-state index contributed by atoms with van der Waals surface area (Å²) in [7, 11) is 0. The van der Waals surface area contributed by atoms with Gasteiger partial charge in [0.25, 0.3) is 0 Å². The Balaban J connectivity index is 2.49. The molecular weight excluding hydrogens is 160 g/mol. The molecule has 0 aromatic carbocycles. The SMILES string of the molecule is C=CCNC(=S)n1ccnn1. The van der Waals surface area contributed by atoms with E-state index in [-0.39, 0.29) is 0 Å². The summed E-state index contributed by atoms with van der Waals surface area (Å²) in [6, 6.07) is 0.